The Morgan fingerprint density at radius 1 is 1.32 bits per heavy atom. The molecule has 2 rings (SSSR count). The Kier molecular flexibility index (Phi) is 4.56. The Morgan fingerprint density at radius 3 is 2.79 bits per heavy atom. The number of aryl methyl sites for hydroxylation is 1. The fourth-order valence-corrected chi connectivity index (χ4v) is 2.41. The number of halogens is 1. The number of aliphatic hydroxyl groups excluding tert-OH is 1. The van der Waals surface area contributed by atoms with Crippen LogP contribution < -0.4 is 4.74 Å². The second-order valence-corrected chi connectivity index (χ2v) is 5.39. The van der Waals surface area contributed by atoms with Crippen molar-refractivity contribution in [3.05, 3.63) is 57.8 Å². The lowest BCUT2D eigenvalue weighted by Gasteiger charge is -2.15. The van der Waals surface area contributed by atoms with Crippen molar-refractivity contribution < 1.29 is 9.84 Å². The molecule has 100 valence electrons. The monoisotopic (exact) mass is 321 g/mol. The maximum Gasteiger partial charge on any atom is 0.124 e. The minimum absolute atomic E-state index is 0.506. The van der Waals surface area contributed by atoms with Crippen molar-refractivity contribution in [3.8, 4) is 5.75 Å². The highest BCUT2D eigenvalue weighted by Crippen LogP contribution is 2.28. The van der Waals surface area contributed by atoms with Gasteiger partial charge in [-0.1, -0.05) is 12.1 Å². The zero-order valence-electron chi connectivity index (χ0n) is 10.9. The van der Waals surface area contributed by atoms with Crippen molar-refractivity contribution in [2.24, 2.45) is 0 Å². The molecule has 3 nitrogen and oxygen atoms in total. The van der Waals surface area contributed by atoms with Crippen LogP contribution in [-0.4, -0.2) is 17.2 Å². The van der Waals surface area contributed by atoms with Crippen molar-refractivity contribution in [2.45, 2.75) is 19.4 Å². The molecule has 0 aliphatic carbocycles. The number of ether oxygens (including phenoxy) is 1. The maximum atomic E-state index is 10.3. The average molecular weight is 322 g/mol. The molecule has 0 bridgehead atoms. The average Bonchev–Trinajstić information content (AvgIpc) is 2.38. The first-order chi connectivity index (χ1) is 9.10. The zero-order valence-corrected chi connectivity index (χ0v) is 12.5. The summed E-state index contributed by atoms with van der Waals surface area (Å²) in [5.41, 5.74) is 2.88. The van der Waals surface area contributed by atoms with Gasteiger partial charge in [0, 0.05) is 28.9 Å². The number of methoxy groups -OCH3 is 1. The summed E-state index contributed by atoms with van der Waals surface area (Å²) < 4.78 is 6.23. The van der Waals surface area contributed by atoms with Crippen LogP contribution in [-0.2, 0) is 6.42 Å². The van der Waals surface area contributed by atoms with Gasteiger partial charge in [0.25, 0.3) is 0 Å². The number of aromatic nitrogens is 1. The lowest BCUT2D eigenvalue weighted by molar-refractivity contribution is 0.174. The maximum absolute atomic E-state index is 10.3. The van der Waals surface area contributed by atoms with Gasteiger partial charge in [-0.3, -0.25) is 4.98 Å². The first kappa shape index (κ1) is 14.0. The highest BCUT2D eigenvalue weighted by Gasteiger charge is 2.14. The molecule has 4 heteroatoms. The molecular formula is C15H16BrNO2. The molecule has 0 spiro atoms. The number of hydrogen-bond donors (Lipinski definition) is 1. The summed E-state index contributed by atoms with van der Waals surface area (Å²) in [5.74, 6) is 0.718. The largest absolute Gasteiger partial charge is 0.496 e. The van der Waals surface area contributed by atoms with Crippen LogP contribution in [0.3, 0.4) is 0 Å². The van der Waals surface area contributed by atoms with Crippen LogP contribution in [0.2, 0.25) is 0 Å². The van der Waals surface area contributed by atoms with Gasteiger partial charge >= 0.3 is 0 Å². The first-order valence-corrected chi connectivity index (χ1v) is 6.81. The van der Waals surface area contributed by atoms with Crippen LogP contribution in [0.4, 0.5) is 0 Å². The summed E-state index contributed by atoms with van der Waals surface area (Å²) in [4.78, 5) is 4.10. The molecule has 0 saturated heterocycles. The molecule has 0 amide bonds. The molecule has 1 aromatic heterocycles. The minimum Gasteiger partial charge on any atom is -0.496 e. The molecule has 2 aromatic rings. The van der Waals surface area contributed by atoms with Crippen LogP contribution in [0.5, 0.6) is 5.75 Å². The number of aliphatic hydroxyl groups is 1. The molecule has 0 aliphatic heterocycles. The Morgan fingerprint density at radius 2 is 2.11 bits per heavy atom. The fourth-order valence-electron chi connectivity index (χ4n) is 1.99. The lowest BCUT2D eigenvalue weighted by Crippen LogP contribution is -2.04. The summed E-state index contributed by atoms with van der Waals surface area (Å²) in [6, 6.07) is 7.76. The number of benzene rings is 1. The minimum atomic E-state index is -0.605. The Labute approximate surface area is 121 Å². The summed E-state index contributed by atoms with van der Waals surface area (Å²) in [5, 5.41) is 10.3. The number of hydrogen-bond acceptors (Lipinski definition) is 3. The molecule has 1 aromatic carbocycles. The second-order valence-electron chi connectivity index (χ2n) is 4.48. The SMILES string of the molecule is COc1cc(C)ccc1C(O)Cc1cncc(Br)c1. The van der Waals surface area contributed by atoms with Gasteiger partial charge in [0.15, 0.2) is 0 Å². The van der Waals surface area contributed by atoms with E-state index in [1.807, 2.05) is 31.2 Å². The predicted molar refractivity (Wildman–Crippen MR) is 78.3 cm³/mol. The molecule has 0 fully saturated rings. The van der Waals surface area contributed by atoms with Gasteiger partial charge in [-0.2, -0.15) is 0 Å². The van der Waals surface area contributed by atoms with E-state index in [9.17, 15) is 5.11 Å². The predicted octanol–water partition coefficient (Wildman–Crippen LogP) is 3.44. The highest BCUT2D eigenvalue weighted by molar-refractivity contribution is 9.10. The van der Waals surface area contributed by atoms with Crippen LogP contribution in [0, 0.1) is 6.92 Å². The number of nitrogens with zero attached hydrogens (tertiary/aromatic N) is 1. The number of pyridine rings is 1. The van der Waals surface area contributed by atoms with E-state index in [0.717, 1.165) is 26.9 Å². The van der Waals surface area contributed by atoms with E-state index < -0.39 is 6.10 Å². The van der Waals surface area contributed by atoms with Gasteiger partial charge in [-0.05, 0) is 46.1 Å². The molecule has 0 aliphatic rings. The molecular weight excluding hydrogens is 306 g/mol. The first-order valence-electron chi connectivity index (χ1n) is 6.02. The highest BCUT2D eigenvalue weighted by atomic mass is 79.9. The van der Waals surface area contributed by atoms with Crippen molar-refractivity contribution in [1.82, 2.24) is 4.98 Å². The molecule has 1 N–H and O–H groups in total. The Hall–Kier alpha value is -1.39. The van der Waals surface area contributed by atoms with Crippen LogP contribution in [0.1, 0.15) is 22.8 Å². The molecule has 19 heavy (non-hydrogen) atoms. The summed E-state index contributed by atoms with van der Waals surface area (Å²) in [6.45, 7) is 2.00. The van der Waals surface area contributed by atoms with Gasteiger partial charge in [0.2, 0.25) is 0 Å². The topological polar surface area (TPSA) is 42.4 Å². The summed E-state index contributed by atoms with van der Waals surface area (Å²) >= 11 is 3.38. The third-order valence-corrected chi connectivity index (χ3v) is 3.37. The van der Waals surface area contributed by atoms with Crippen molar-refractivity contribution in [3.63, 3.8) is 0 Å². The van der Waals surface area contributed by atoms with Crippen LogP contribution in [0.15, 0.2) is 41.1 Å². The van der Waals surface area contributed by atoms with Crippen molar-refractivity contribution in [2.75, 3.05) is 7.11 Å². The van der Waals surface area contributed by atoms with E-state index in [4.69, 9.17) is 4.74 Å². The summed E-state index contributed by atoms with van der Waals surface area (Å²) in [7, 11) is 1.62. The molecule has 0 saturated carbocycles. The molecule has 1 unspecified atom stereocenters. The third-order valence-electron chi connectivity index (χ3n) is 2.94. The van der Waals surface area contributed by atoms with E-state index >= 15 is 0 Å². The van der Waals surface area contributed by atoms with E-state index in [2.05, 4.69) is 20.9 Å². The van der Waals surface area contributed by atoms with Gasteiger partial charge < -0.3 is 9.84 Å². The normalized spacial score (nSPS) is 12.2. The van der Waals surface area contributed by atoms with Crippen molar-refractivity contribution >= 4 is 15.9 Å². The van der Waals surface area contributed by atoms with Crippen LogP contribution >= 0.6 is 15.9 Å². The smallest absolute Gasteiger partial charge is 0.124 e. The zero-order chi connectivity index (χ0) is 13.8. The lowest BCUT2D eigenvalue weighted by atomic mass is 10.0. The van der Waals surface area contributed by atoms with Gasteiger partial charge in [0.05, 0.1) is 13.2 Å². The standard InChI is InChI=1S/C15H16BrNO2/c1-10-3-4-13(15(5-10)19-2)14(18)7-11-6-12(16)9-17-8-11/h3-6,8-9,14,18H,7H2,1-2H3. The summed E-state index contributed by atoms with van der Waals surface area (Å²) in [6.07, 6.45) is 3.38. The van der Waals surface area contributed by atoms with Crippen molar-refractivity contribution in [1.29, 1.82) is 0 Å². The van der Waals surface area contributed by atoms with E-state index in [1.165, 1.54) is 0 Å². The van der Waals surface area contributed by atoms with E-state index in [1.54, 1.807) is 19.5 Å². The van der Waals surface area contributed by atoms with Crippen LogP contribution in [0.25, 0.3) is 0 Å². The van der Waals surface area contributed by atoms with E-state index in [-0.39, 0.29) is 0 Å². The molecule has 0 radical (unpaired) electrons. The second kappa shape index (κ2) is 6.17. The fraction of sp³-hybridized carbons (Fsp3) is 0.267. The van der Waals surface area contributed by atoms with Gasteiger partial charge in [-0.25, -0.2) is 0 Å². The van der Waals surface area contributed by atoms with Gasteiger partial charge in [0.1, 0.15) is 5.75 Å². The van der Waals surface area contributed by atoms with Gasteiger partial charge in [-0.15, -0.1) is 0 Å². The quantitative estimate of drug-likeness (QED) is 0.938. The molecule has 1 heterocycles. The number of rotatable bonds is 4. The molecule has 1 atom stereocenters. The van der Waals surface area contributed by atoms with E-state index in [0.29, 0.717) is 6.42 Å². The Balaban J connectivity index is 2.22. The third kappa shape index (κ3) is 3.55. The Bertz CT molecular complexity index is 572.